The molecule has 6 N–H and O–H groups in total. The predicted molar refractivity (Wildman–Crippen MR) is 257 cm³/mol. The minimum absolute atomic E-state index is 0.0186. The van der Waals surface area contributed by atoms with Crippen molar-refractivity contribution in [3.63, 3.8) is 0 Å². The van der Waals surface area contributed by atoms with Crippen LogP contribution in [0.2, 0.25) is 0 Å². The highest BCUT2D eigenvalue weighted by Gasteiger charge is 2.42. The van der Waals surface area contributed by atoms with E-state index in [9.17, 15) is 33.6 Å². The van der Waals surface area contributed by atoms with E-state index in [0.717, 1.165) is 11.1 Å². The molecular formula is C49H63FN12O9. The molecule has 5 amide bonds. The van der Waals surface area contributed by atoms with E-state index < -0.39 is 53.2 Å². The van der Waals surface area contributed by atoms with Crippen LogP contribution in [-0.4, -0.2) is 143 Å². The topological polar surface area (TPSA) is 275 Å². The fraction of sp³-hybridized carbons (Fsp3) is 0.490. The fourth-order valence-corrected chi connectivity index (χ4v) is 8.19. The second kappa shape index (κ2) is 23.1. The van der Waals surface area contributed by atoms with Crippen LogP contribution in [0, 0.1) is 22.6 Å². The van der Waals surface area contributed by atoms with Crippen molar-refractivity contribution < 1.29 is 47.3 Å². The molecule has 2 aromatic carbocycles. The lowest BCUT2D eigenvalue weighted by Crippen LogP contribution is -2.61. The second-order valence-electron chi connectivity index (χ2n) is 18.6. The Bertz CT molecular complexity index is 2670. The van der Waals surface area contributed by atoms with Crippen LogP contribution < -0.4 is 31.6 Å². The lowest BCUT2D eigenvalue weighted by atomic mass is 9.84. The number of rotatable bonds is 18. The first-order chi connectivity index (χ1) is 33.7. The zero-order valence-corrected chi connectivity index (χ0v) is 41.4. The van der Waals surface area contributed by atoms with Gasteiger partial charge in [0.05, 0.1) is 75.1 Å². The number of carbonyl (C=O) groups is 5. The number of halogens is 1. The number of amides is 5. The molecule has 2 aliphatic rings. The van der Waals surface area contributed by atoms with Crippen LogP contribution in [0.25, 0.3) is 11.3 Å². The molecule has 0 unspecified atom stereocenters. The summed E-state index contributed by atoms with van der Waals surface area (Å²) in [5.41, 5.74) is 14.4. The van der Waals surface area contributed by atoms with E-state index in [1.54, 1.807) is 45.7 Å². The Hall–Kier alpha value is -7.22. The Morgan fingerprint density at radius 3 is 2.46 bits per heavy atom. The Labute approximate surface area is 411 Å². The van der Waals surface area contributed by atoms with Gasteiger partial charge in [-0.25, -0.2) is 14.4 Å². The first-order valence-electron chi connectivity index (χ1n) is 23.3. The molecule has 0 spiro atoms. The van der Waals surface area contributed by atoms with Gasteiger partial charge in [0.1, 0.15) is 42.4 Å². The Kier molecular flexibility index (Phi) is 17.3. The van der Waals surface area contributed by atoms with Gasteiger partial charge in [-0.15, -0.1) is 0 Å². The van der Waals surface area contributed by atoms with E-state index in [4.69, 9.17) is 30.4 Å². The number of nitrogen functional groups attached to an aromatic ring is 1. The van der Waals surface area contributed by atoms with E-state index in [0.29, 0.717) is 17.0 Å². The van der Waals surface area contributed by atoms with Gasteiger partial charge in [0.15, 0.2) is 11.5 Å². The van der Waals surface area contributed by atoms with E-state index in [2.05, 4.69) is 31.8 Å². The zero-order valence-electron chi connectivity index (χ0n) is 41.4. The van der Waals surface area contributed by atoms with E-state index in [1.165, 1.54) is 39.1 Å². The summed E-state index contributed by atoms with van der Waals surface area (Å²) in [5, 5.41) is 20.5. The average Bonchev–Trinajstić information content (AvgIpc) is 3.69. The summed E-state index contributed by atoms with van der Waals surface area (Å²) in [5.74, 6) is -2.11. The number of hydrogen-bond donors (Lipinski definition) is 4. The second-order valence-corrected chi connectivity index (χ2v) is 18.6. The van der Waals surface area contributed by atoms with Gasteiger partial charge < -0.3 is 55.7 Å². The maximum atomic E-state index is 14.4. The number of likely N-dealkylation sites (N-methyl/N-ethyl adjacent to an activating group) is 2. The molecule has 2 aromatic heterocycles. The van der Waals surface area contributed by atoms with Crippen LogP contribution >= 0.6 is 0 Å². The molecule has 21 nitrogen and oxygen atoms in total. The highest BCUT2D eigenvalue weighted by molar-refractivity contribution is 5.96. The van der Waals surface area contributed by atoms with Crippen molar-refractivity contribution in [2.24, 2.45) is 11.1 Å². The van der Waals surface area contributed by atoms with Crippen LogP contribution in [0.5, 0.6) is 11.6 Å². The zero-order chi connectivity index (χ0) is 51.7. The molecule has 0 saturated carbocycles. The minimum atomic E-state index is -0.911. The van der Waals surface area contributed by atoms with Crippen LogP contribution in [0.15, 0.2) is 42.6 Å². The van der Waals surface area contributed by atoms with Crippen LogP contribution in [0.3, 0.4) is 0 Å². The lowest BCUT2D eigenvalue weighted by Gasteiger charge is -2.40. The van der Waals surface area contributed by atoms with Crippen LogP contribution in [-0.2, 0) is 54.7 Å². The monoisotopic (exact) mass is 982 g/mol. The summed E-state index contributed by atoms with van der Waals surface area (Å²) in [6.07, 6.45) is 0.856. The first kappa shape index (κ1) is 53.1. The van der Waals surface area contributed by atoms with Gasteiger partial charge in [-0.2, -0.15) is 10.4 Å². The number of nitriles is 1. The van der Waals surface area contributed by atoms with Crippen molar-refractivity contribution in [2.45, 2.75) is 91.3 Å². The molecule has 380 valence electrons. The van der Waals surface area contributed by atoms with Gasteiger partial charge in [-0.05, 0) is 67.8 Å². The van der Waals surface area contributed by atoms with Gasteiger partial charge >= 0.3 is 0 Å². The van der Waals surface area contributed by atoms with Gasteiger partial charge in [0, 0.05) is 44.7 Å². The summed E-state index contributed by atoms with van der Waals surface area (Å²) in [6.45, 7) is 10.4. The van der Waals surface area contributed by atoms with Gasteiger partial charge in [0.2, 0.25) is 23.6 Å². The molecule has 4 atom stereocenters. The van der Waals surface area contributed by atoms with Crippen molar-refractivity contribution in [3.05, 3.63) is 82.1 Å². The number of hydrogen-bond acceptors (Lipinski definition) is 15. The maximum Gasteiger partial charge on any atom is 0.258 e. The van der Waals surface area contributed by atoms with E-state index >= 15 is 0 Å². The quantitative estimate of drug-likeness (QED) is 0.104. The highest BCUT2D eigenvalue weighted by atomic mass is 19.1. The molecule has 4 heterocycles. The number of primary amides is 1. The van der Waals surface area contributed by atoms with Gasteiger partial charge in [0.25, 0.3) is 11.8 Å². The molecule has 2 bridgehead atoms. The smallest absolute Gasteiger partial charge is 0.258 e. The van der Waals surface area contributed by atoms with Gasteiger partial charge in [-0.3, -0.25) is 28.7 Å². The number of fused-ring (bicyclic) bond motifs is 6. The Morgan fingerprint density at radius 1 is 1.06 bits per heavy atom. The number of nitrogens with zero attached hydrogens (tertiary/aromatic N) is 8. The molecular weight excluding hydrogens is 920 g/mol. The van der Waals surface area contributed by atoms with E-state index in [1.807, 2.05) is 32.9 Å². The fourth-order valence-electron chi connectivity index (χ4n) is 8.19. The van der Waals surface area contributed by atoms with E-state index in [-0.39, 0.29) is 118 Å². The number of aromatic nitrogens is 4. The number of nitrogens with two attached hydrogens (primary N) is 2. The van der Waals surface area contributed by atoms with Crippen molar-refractivity contribution >= 4 is 35.4 Å². The van der Waals surface area contributed by atoms with Gasteiger partial charge in [-0.1, -0.05) is 26.8 Å². The molecule has 0 fully saturated rings. The third-order valence-electron chi connectivity index (χ3n) is 12.4. The third kappa shape index (κ3) is 12.8. The number of nitrogens with one attached hydrogen (secondary N) is 2. The standard InChI is InChI=1S/C49H63FN12O9/c1-28(54-6)45(65)57-42(49(3,4)5)48(67)61-26-31-21-33(11-9-30(31)22-38(61)44(53)64)70-20-19-69-18-17-68-16-13-40(63)59(7)14-15-62-39-27-60(8)47(66)34-12-10-32(50)23-35(34)29(2)71-46-43(52)55-25-37(56-46)41(39)36(24-51)58-62/h9-12,21,23,25,28-29,38,42,54H,13-20,22,26-27H2,1-8H3,(H2,52,55)(H2,53,64)(H,57,65)/t28-,29-,38-,42+/m1/s1. The van der Waals surface area contributed by atoms with Crippen molar-refractivity contribution in [1.29, 1.82) is 5.26 Å². The SMILES string of the molecule is CN[C@H](C)C(=O)N[C@@H](C(=O)N1Cc2cc(OCCOCCOCCC(=O)N(C)CCn3nc(C#N)c4c3CN(C)C(=O)c3ccc(F)cc3[C@@H](C)Oc3nc-4cnc3N)ccc2C[C@@H]1C(N)=O)C(C)(C)C. The van der Waals surface area contributed by atoms with Crippen LogP contribution in [0.1, 0.15) is 85.6 Å². The molecule has 71 heavy (non-hydrogen) atoms. The summed E-state index contributed by atoms with van der Waals surface area (Å²) < 4.78 is 39.3. The molecule has 0 radical (unpaired) electrons. The Balaban J connectivity index is 0.974. The van der Waals surface area contributed by atoms with Crippen molar-refractivity contribution in [1.82, 2.24) is 45.1 Å². The summed E-state index contributed by atoms with van der Waals surface area (Å²) in [4.78, 5) is 79.7. The summed E-state index contributed by atoms with van der Waals surface area (Å²) >= 11 is 0. The first-order valence-corrected chi connectivity index (χ1v) is 23.3. The highest BCUT2D eigenvalue weighted by Crippen LogP contribution is 2.35. The minimum Gasteiger partial charge on any atom is -0.491 e. The molecule has 0 aliphatic carbocycles. The lowest BCUT2D eigenvalue weighted by molar-refractivity contribution is -0.146. The molecule has 22 heteroatoms. The number of benzene rings is 2. The molecule has 2 aliphatic heterocycles. The number of carbonyl (C=O) groups excluding carboxylic acids is 5. The summed E-state index contributed by atoms with van der Waals surface area (Å²) in [7, 11) is 4.87. The molecule has 6 rings (SSSR count). The maximum absolute atomic E-state index is 14.4. The van der Waals surface area contributed by atoms with Crippen LogP contribution in [0.4, 0.5) is 10.2 Å². The average molecular weight is 983 g/mol. The van der Waals surface area contributed by atoms with Crippen molar-refractivity contribution in [3.8, 4) is 29.0 Å². The Morgan fingerprint density at radius 2 is 1.77 bits per heavy atom. The largest absolute Gasteiger partial charge is 0.491 e. The summed E-state index contributed by atoms with van der Waals surface area (Å²) in [6, 6.07) is 9.04. The number of anilines is 1. The van der Waals surface area contributed by atoms with Crippen molar-refractivity contribution in [2.75, 3.05) is 66.5 Å². The predicted octanol–water partition coefficient (Wildman–Crippen LogP) is 2.50. The molecule has 4 aromatic rings. The third-order valence-corrected chi connectivity index (χ3v) is 12.4. The molecule has 0 saturated heterocycles. The normalized spacial score (nSPS) is 16.4. The number of ether oxygens (including phenoxy) is 4.